The Morgan fingerprint density at radius 2 is 2.31 bits per heavy atom. The van der Waals surface area contributed by atoms with Crippen LogP contribution < -0.4 is 0 Å². The number of nitrogens with zero attached hydrogens (tertiary/aromatic N) is 1. The maximum atomic E-state index is 11.5. The second-order valence-electron chi connectivity index (χ2n) is 3.23. The molecule has 0 amide bonds. The van der Waals surface area contributed by atoms with E-state index in [-0.39, 0.29) is 5.97 Å². The standard InChI is InChI=1S/C12H12ClNO2/c1-16-12(15)11-5-2-4-9(8-13)10(11)6-3-7-14/h2,4-5H,3,6,8H2,1H3. The smallest absolute Gasteiger partial charge is 0.338 e. The SMILES string of the molecule is COC(=O)c1cccc(CCl)c1CCC#N. The minimum atomic E-state index is -0.389. The molecule has 0 aliphatic heterocycles. The quantitative estimate of drug-likeness (QED) is 0.598. The maximum absolute atomic E-state index is 11.5. The first-order chi connectivity index (χ1) is 7.74. The molecule has 0 unspecified atom stereocenters. The summed E-state index contributed by atoms with van der Waals surface area (Å²) in [6, 6.07) is 7.36. The van der Waals surface area contributed by atoms with Gasteiger partial charge < -0.3 is 4.74 Å². The van der Waals surface area contributed by atoms with Gasteiger partial charge >= 0.3 is 5.97 Å². The Morgan fingerprint density at radius 1 is 1.56 bits per heavy atom. The van der Waals surface area contributed by atoms with E-state index in [2.05, 4.69) is 6.07 Å². The molecule has 0 aromatic heterocycles. The zero-order chi connectivity index (χ0) is 12.0. The van der Waals surface area contributed by atoms with Gasteiger partial charge in [0.25, 0.3) is 0 Å². The van der Waals surface area contributed by atoms with E-state index in [1.165, 1.54) is 7.11 Å². The largest absolute Gasteiger partial charge is 0.465 e. The van der Waals surface area contributed by atoms with Crippen LogP contribution in [0.5, 0.6) is 0 Å². The average Bonchev–Trinajstić information content (AvgIpc) is 2.34. The van der Waals surface area contributed by atoms with Crippen molar-refractivity contribution >= 4 is 17.6 Å². The molecule has 4 heteroatoms. The topological polar surface area (TPSA) is 50.1 Å². The number of methoxy groups -OCH3 is 1. The van der Waals surface area contributed by atoms with Gasteiger partial charge in [0, 0.05) is 12.3 Å². The molecule has 0 spiro atoms. The number of benzene rings is 1. The fraction of sp³-hybridized carbons (Fsp3) is 0.333. The Balaban J connectivity index is 3.15. The van der Waals surface area contributed by atoms with Crippen molar-refractivity contribution in [1.82, 2.24) is 0 Å². The number of carbonyl (C=O) groups is 1. The molecule has 16 heavy (non-hydrogen) atoms. The van der Waals surface area contributed by atoms with E-state index < -0.39 is 0 Å². The molecule has 0 heterocycles. The number of alkyl halides is 1. The summed E-state index contributed by atoms with van der Waals surface area (Å²) in [6.45, 7) is 0. The molecule has 0 saturated heterocycles. The molecule has 0 aliphatic rings. The number of carbonyl (C=O) groups excluding carboxylic acids is 1. The van der Waals surface area contributed by atoms with Crippen LogP contribution in [0.15, 0.2) is 18.2 Å². The van der Waals surface area contributed by atoms with Gasteiger partial charge in [0.05, 0.1) is 18.7 Å². The predicted octanol–water partition coefficient (Wildman–Crippen LogP) is 2.67. The minimum absolute atomic E-state index is 0.325. The highest BCUT2D eigenvalue weighted by atomic mass is 35.5. The molecule has 0 fully saturated rings. The van der Waals surface area contributed by atoms with Crippen LogP contribution in [0.4, 0.5) is 0 Å². The summed E-state index contributed by atoms with van der Waals surface area (Å²) >= 11 is 5.80. The number of rotatable bonds is 4. The fourth-order valence-electron chi connectivity index (χ4n) is 1.54. The molecule has 0 N–H and O–H groups in total. The van der Waals surface area contributed by atoms with Crippen molar-refractivity contribution in [3.63, 3.8) is 0 Å². The lowest BCUT2D eigenvalue weighted by Crippen LogP contribution is -2.08. The first kappa shape index (κ1) is 12.5. The summed E-state index contributed by atoms with van der Waals surface area (Å²) in [5.74, 6) is -0.0640. The lowest BCUT2D eigenvalue weighted by Gasteiger charge is -2.10. The molecule has 3 nitrogen and oxygen atoms in total. The monoisotopic (exact) mass is 237 g/mol. The molecule has 0 aliphatic carbocycles. The highest BCUT2D eigenvalue weighted by Crippen LogP contribution is 2.19. The number of hydrogen-bond acceptors (Lipinski definition) is 3. The Morgan fingerprint density at radius 3 is 2.88 bits per heavy atom. The molecule has 0 atom stereocenters. The number of esters is 1. The van der Waals surface area contributed by atoms with Crippen LogP contribution >= 0.6 is 11.6 Å². The van der Waals surface area contributed by atoms with Gasteiger partial charge in [0.15, 0.2) is 0 Å². The zero-order valence-electron chi connectivity index (χ0n) is 9.00. The molecule has 0 saturated carbocycles. The second-order valence-corrected chi connectivity index (χ2v) is 3.49. The average molecular weight is 238 g/mol. The summed E-state index contributed by atoms with van der Waals surface area (Å²) in [4.78, 5) is 11.5. The normalized spacial score (nSPS) is 9.56. The van der Waals surface area contributed by atoms with Crippen LogP contribution in [0, 0.1) is 11.3 Å². The zero-order valence-corrected chi connectivity index (χ0v) is 9.75. The first-order valence-electron chi connectivity index (χ1n) is 4.86. The van der Waals surface area contributed by atoms with Crippen molar-refractivity contribution in [3.8, 4) is 6.07 Å². The predicted molar refractivity (Wildman–Crippen MR) is 61.3 cm³/mol. The van der Waals surface area contributed by atoms with Gasteiger partial charge in [-0.2, -0.15) is 5.26 Å². The van der Waals surface area contributed by atoms with E-state index in [1.807, 2.05) is 6.07 Å². The fourth-order valence-corrected chi connectivity index (χ4v) is 1.79. The molecule has 0 bridgehead atoms. The highest BCUT2D eigenvalue weighted by Gasteiger charge is 2.14. The van der Waals surface area contributed by atoms with Gasteiger partial charge in [-0.15, -0.1) is 11.6 Å². The van der Waals surface area contributed by atoms with Crippen molar-refractivity contribution < 1.29 is 9.53 Å². The van der Waals surface area contributed by atoms with E-state index >= 15 is 0 Å². The molecule has 0 radical (unpaired) electrons. The summed E-state index contributed by atoms with van der Waals surface area (Å²) in [6.07, 6.45) is 0.877. The number of hydrogen-bond donors (Lipinski definition) is 0. The molecule has 1 aromatic carbocycles. The van der Waals surface area contributed by atoms with Crippen molar-refractivity contribution in [2.24, 2.45) is 0 Å². The number of halogens is 1. The number of nitriles is 1. The van der Waals surface area contributed by atoms with E-state index in [4.69, 9.17) is 21.6 Å². The third-order valence-electron chi connectivity index (χ3n) is 2.31. The van der Waals surface area contributed by atoms with Crippen LogP contribution in [0.25, 0.3) is 0 Å². The Hall–Kier alpha value is -1.53. The van der Waals surface area contributed by atoms with Gasteiger partial charge in [-0.1, -0.05) is 12.1 Å². The van der Waals surface area contributed by atoms with Gasteiger partial charge in [-0.25, -0.2) is 4.79 Å². The summed E-state index contributed by atoms with van der Waals surface area (Å²) in [5, 5.41) is 8.58. The van der Waals surface area contributed by atoms with Crippen LogP contribution in [0.3, 0.4) is 0 Å². The van der Waals surface area contributed by atoms with Gasteiger partial charge in [-0.05, 0) is 23.6 Å². The van der Waals surface area contributed by atoms with E-state index in [1.54, 1.807) is 12.1 Å². The van der Waals surface area contributed by atoms with Crippen molar-refractivity contribution in [1.29, 1.82) is 5.26 Å². The van der Waals surface area contributed by atoms with Crippen molar-refractivity contribution in [2.75, 3.05) is 7.11 Å². The third-order valence-corrected chi connectivity index (χ3v) is 2.60. The Labute approximate surface area is 99.6 Å². The Bertz CT molecular complexity index is 424. The molecule has 1 rings (SSSR count). The second kappa shape index (κ2) is 6.14. The maximum Gasteiger partial charge on any atom is 0.338 e. The van der Waals surface area contributed by atoms with Crippen LogP contribution in [0.1, 0.15) is 27.9 Å². The van der Waals surface area contributed by atoms with Crippen LogP contribution in [-0.4, -0.2) is 13.1 Å². The van der Waals surface area contributed by atoms with E-state index in [0.717, 1.165) is 11.1 Å². The molecule has 1 aromatic rings. The van der Waals surface area contributed by atoms with Crippen molar-refractivity contribution in [2.45, 2.75) is 18.7 Å². The molecular formula is C12H12ClNO2. The van der Waals surface area contributed by atoms with Crippen molar-refractivity contribution in [3.05, 3.63) is 34.9 Å². The van der Waals surface area contributed by atoms with Crippen LogP contribution in [0.2, 0.25) is 0 Å². The lowest BCUT2D eigenvalue weighted by molar-refractivity contribution is 0.0599. The summed E-state index contributed by atoms with van der Waals surface area (Å²) in [7, 11) is 1.34. The highest BCUT2D eigenvalue weighted by molar-refractivity contribution is 6.17. The van der Waals surface area contributed by atoms with Gasteiger partial charge in [0.2, 0.25) is 0 Å². The van der Waals surface area contributed by atoms with E-state index in [0.29, 0.717) is 24.3 Å². The first-order valence-corrected chi connectivity index (χ1v) is 5.40. The van der Waals surface area contributed by atoms with Crippen LogP contribution in [-0.2, 0) is 17.0 Å². The summed E-state index contributed by atoms with van der Waals surface area (Å²) < 4.78 is 4.69. The molecular weight excluding hydrogens is 226 g/mol. The number of ether oxygens (including phenoxy) is 1. The van der Waals surface area contributed by atoms with E-state index in [9.17, 15) is 4.79 Å². The van der Waals surface area contributed by atoms with Gasteiger partial charge in [0.1, 0.15) is 0 Å². The summed E-state index contributed by atoms with van der Waals surface area (Å²) in [5.41, 5.74) is 2.18. The third kappa shape index (κ3) is 2.74. The van der Waals surface area contributed by atoms with Gasteiger partial charge in [-0.3, -0.25) is 0 Å². The lowest BCUT2D eigenvalue weighted by atomic mass is 9.98. The Kier molecular flexibility index (Phi) is 4.81. The minimum Gasteiger partial charge on any atom is -0.465 e. The molecule has 84 valence electrons.